The predicted octanol–water partition coefficient (Wildman–Crippen LogP) is 3.02. The summed E-state index contributed by atoms with van der Waals surface area (Å²) in [4.78, 5) is 28.5. The van der Waals surface area contributed by atoms with E-state index in [9.17, 15) is 9.59 Å². The van der Waals surface area contributed by atoms with E-state index >= 15 is 0 Å². The number of hydrogen-bond acceptors (Lipinski definition) is 2. The Balaban J connectivity index is 2.81. The molecule has 0 spiro atoms. The Morgan fingerprint density at radius 2 is 2.00 bits per heavy atom. The van der Waals surface area contributed by atoms with Gasteiger partial charge in [0.1, 0.15) is 0 Å². The molecule has 0 bridgehead atoms. The molecule has 1 aromatic rings. The summed E-state index contributed by atoms with van der Waals surface area (Å²) >= 11 is 5.68. The fourth-order valence-electron chi connectivity index (χ4n) is 2.53. The summed E-state index contributed by atoms with van der Waals surface area (Å²) in [7, 11) is 1.97. The zero-order valence-corrected chi connectivity index (χ0v) is 16.1. The number of nitrogens with zero attached hydrogens (tertiary/aromatic N) is 3. The molecule has 2 amide bonds. The highest BCUT2D eigenvalue weighted by Gasteiger charge is 2.23. The van der Waals surface area contributed by atoms with Crippen molar-refractivity contribution in [3.05, 3.63) is 24.0 Å². The Morgan fingerprint density at radius 1 is 1.29 bits per heavy atom. The Bertz CT molecular complexity index is 528. The van der Waals surface area contributed by atoms with E-state index in [-0.39, 0.29) is 36.7 Å². The van der Waals surface area contributed by atoms with E-state index in [4.69, 9.17) is 11.6 Å². The zero-order valence-electron chi connectivity index (χ0n) is 15.3. The second-order valence-electron chi connectivity index (χ2n) is 6.33. The lowest BCUT2D eigenvalue weighted by Crippen LogP contribution is -2.46. The van der Waals surface area contributed by atoms with E-state index in [1.165, 1.54) is 0 Å². The van der Waals surface area contributed by atoms with Gasteiger partial charge in [-0.05, 0) is 32.4 Å². The summed E-state index contributed by atoms with van der Waals surface area (Å²) in [6, 6.07) is 3.97. The van der Waals surface area contributed by atoms with Crippen molar-refractivity contribution in [2.75, 3.05) is 19.0 Å². The van der Waals surface area contributed by atoms with Crippen LogP contribution >= 0.6 is 11.6 Å². The highest BCUT2D eigenvalue weighted by atomic mass is 35.5. The largest absolute Gasteiger partial charge is 0.353 e. The summed E-state index contributed by atoms with van der Waals surface area (Å²) in [5.74, 6) is 0.197. The quantitative estimate of drug-likeness (QED) is 0.605. The van der Waals surface area contributed by atoms with Gasteiger partial charge in [0.15, 0.2) is 0 Å². The summed E-state index contributed by atoms with van der Waals surface area (Å²) < 4.78 is 2.02. The lowest BCUT2D eigenvalue weighted by molar-refractivity contribution is -0.142. The molecule has 0 unspecified atom stereocenters. The maximum absolute atomic E-state index is 12.8. The topological polar surface area (TPSA) is 45.6 Å². The predicted molar refractivity (Wildman–Crippen MR) is 97.9 cm³/mol. The molecule has 6 heteroatoms. The standard InChI is InChI=1S/C18H30ClN3O2/c1-5-6-12-21(13-16-8-7-11-20(16)4)18(24)14-22(15(2)3)17(23)9-10-19/h7-8,11,15H,5-6,9-10,12-14H2,1-4H3. The van der Waals surface area contributed by atoms with E-state index < -0.39 is 0 Å². The summed E-state index contributed by atoms with van der Waals surface area (Å²) in [6.07, 6.45) is 4.21. The van der Waals surface area contributed by atoms with E-state index in [0.29, 0.717) is 13.1 Å². The Labute approximate surface area is 150 Å². The smallest absolute Gasteiger partial charge is 0.242 e. The molecule has 0 radical (unpaired) electrons. The number of carbonyl (C=O) groups excluding carboxylic acids is 2. The molecule has 0 N–H and O–H groups in total. The van der Waals surface area contributed by atoms with Crippen LogP contribution < -0.4 is 0 Å². The SMILES string of the molecule is CCCCN(Cc1cccn1C)C(=O)CN(C(=O)CCCl)C(C)C. The third-order valence-corrected chi connectivity index (χ3v) is 4.29. The number of rotatable bonds is 10. The molecule has 0 saturated carbocycles. The second-order valence-corrected chi connectivity index (χ2v) is 6.71. The Kier molecular flexibility index (Phi) is 8.90. The van der Waals surface area contributed by atoms with Crippen molar-refractivity contribution in [1.82, 2.24) is 14.4 Å². The van der Waals surface area contributed by atoms with Crippen molar-refractivity contribution in [1.29, 1.82) is 0 Å². The maximum atomic E-state index is 12.8. The van der Waals surface area contributed by atoms with Crippen LogP contribution in [-0.2, 0) is 23.2 Å². The van der Waals surface area contributed by atoms with Crippen LogP contribution in [0.4, 0.5) is 0 Å². The molecular formula is C18H30ClN3O2. The second kappa shape index (κ2) is 10.4. The first kappa shape index (κ1) is 20.6. The van der Waals surface area contributed by atoms with Gasteiger partial charge in [0.2, 0.25) is 11.8 Å². The monoisotopic (exact) mass is 355 g/mol. The molecule has 1 heterocycles. The van der Waals surface area contributed by atoms with Gasteiger partial charge in [-0.3, -0.25) is 9.59 Å². The average Bonchev–Trinajstić information content (AvgIpc) is 2.93. The van der Waals surface area contributed by atoms with Gasteiger partial charge in [-0.25, -0.2) is 0 Å². The molecular weight excluding hydrogens is 326 g/mol. The normalized spacial score (nSPS) is 10.9. The molecule has 24 heavy (non-hydrogen) atoms. The minimum Gasteiger partial charge on any atom is -0.353 e. The fraction of sp³-hybridized carbons (Fsp3) is 0.667. The number of hydrogen-bond donors (Lipinski definition) is 0. The van der Waals surface area contributed by atoms with Crippen LogP contribution in [0.25, 0.3) is 0 Å². The molecule has 5 nitrogen and oxygen atoms in total. The van der Waals surface area contributed by atoms with Gasteiger partial charge in [0.25, 0.3) is 0 Å². The Morgan fingerprint density at radius 3 is 2.50 bits per heavy atom. The van der Waals surface area contributed by atoms with E-state index in [1.54, 1.807) is 4.90 Å². The lowest BCUT2D eigenvalue weighted by atomic mass is 10.2. The van der Waals surface area contributed by atoms with Crippen LogP contribution in [0.1, 0.15) is 45.7 Å². The van der Waals surface area contributed by atoms with Gasteiger partial charge in [-0.2, -0.15) is 0 Å². The highest BCUT2D eigenvalue weighted by Crippen LogP contribution is 2.10. The lowest BCUT2D eigenvalue weighted by Gasteiger charge is -2.30. The third kappa shape index (κ3) is 6.19. The van der Waals surface area contributed by atoms with E-state index in [0.717, 1.165) is 18.5 Å². The van der Waals surface area contributed by atoms with Crippen LogP contribution in [0.3, 0.4) is 0 Å². The molecule has 1 aromatic heterocycles. The highest BCUT2D eigenvalue weighted by molar-refractivity contribution is 6.18. The molecule has 0 saturated heterocycles. The number of aryl methyl sites for hydroxylation is 1. The van der Waals surface area contributed by atoms with E-state index in [2.05, 4.69) is 6.92 Å². The minimum atomic E-state index is -0.0670. The van der Waals surface area contributed by atoms with Crippen LogP contribution in [0.5, 0.6) is 0 Å². The van der Waals surface area contributed by atoms with Gasteiger partial charge in [-0.15, -0.1) is 11.6 Å². The minimum absolute atomic E-state index is 0.0127. The molecule has 0 aliphatic carbocycles. The van der Waals surface area contributed by atoms with Crippen molar-refractivity contribution in [3.63, 3.8) is 0 Å². The zero-order chi connectivity index (χ0) is 18.1. The summed E-state index contributed by atoms with van der Waals surface area (Å²) in [6.45, 7) is 7.34. The van der Waals surface area contributed by atoms with Gasteiger partial charge < -0.3 is 14.4 Å². The van der Waals surface area contributed by atoms with Crippen molar-refractivity contribution in [2.24, 2.45) is 7.05 Å². The van der Waals surface area contributed by atoms with Gasteiger partial charge in [-0.1, -0.05) is 13.3 Å². The van der Waals surface area contributed by atoms with Gasteiger partial charge >= 0.3 is 0 Å². The molecule has 1 rings (SSSR count). The maximum Gasteiger partial charge on any atom is 0.242 e. The first-order chi connectivity index (χ1) is 11.4. The van der Waals surface area contributed by atoms with Crippen LogP contribution in [0, 0.1) is 0 Å². The van der Waals surface area contributed by atoms with Crippen molar-refractivity contribution in [3.8, 4) is 0 Å². The molecule has 136 valence electrons. The van der Waals surface area contributed by atoms with Crippen molar-refractivity contribution >= 4 is 23.4 Å². The number of alkyl halides is 1. The molecule has 0 aromatic carbocycles. The molecule has 0 aliphatic heterocycles. The summed E-state index contributed by atoms with van der Waals surface area (Å²) in [5.41, 5.74) is 1.09. The molecule has 0 atom stereocenters. The third-order valence-electron chi connectivity index (χ3n) is 4.10. The van der Waals surface area contributed by atoms with Crippen molar-refractivity contribution < 1.29 is 9.59 Å². The molecule has 0 aliphatic rings. The van der Waals surface area contributed by atoms with E-state index in [1.807, 2.05) is 48.7 Å². The van der Waals surface area contributed by atoms with Crippen LogP contribution in [0.2, 0.25) is 0 Å². The Hall–Kier alpha value is -1.49. The first-order valence-corrected chi connectivity index (χ1v) is 9.17. The summed E-state index contributed by atoms with van der Waals surface area (Å²) in [5, 5.41) is 0. The number of amides is 2. The number of carbonyl (C=O) groups is 2. The molecule has 0 fully saturated rings. The number of unbranched alkanes of at least 4 members (excludes halogenated alkanes) is 1. The fourth-order valence-corrected chi connectivity index (χ4v) is 2.69. The van der Waals surface area contributed by atoms with Crippen LogP contribution in [-0.4, -0.2) is 51.2 Å². The van der Waals surface area contributed by atoms with Gasteiger partial charge in [0, 0.05) is 43.8 Å². The number of aromatic nitrogens is 1. The van der Waals surface area contributed by atoms with Crippen LogP contribution in [0.15, 0.2) is 18.3 Å². The van der Waals surface area contributed by atoms with Crippen molar-refractivity contribution in [2.45, 2.75) is 52.6 Å². The number of halogens is 1. The average molecular weight is 356 g/mol. The van der Waals surface area contributed by atoms with Gasteiger partial charge in [0.05, 0.1) is 13.1 Å². The first-order valence-electron chi connectivity index (χ1n) is 8.64.